The van der Waals surface area contributed by atoms with Crippen molar-refractivity contribution in [3.63, 3.8) is 0 Å². The van der Waals surface area contributed by atoms with Crippen molar-refractivity contribution in [2.24, 2.45) is 0 Å². The molecule has 0 saturated carbocycles. The molecule has 126 valence electrons. The molecule has 0 atom stereocenters. The Balaban J connectivity index is 1.78. The lowest BCUT2D eigenvalue weighted by Gasteiger charge is -2.35. The van der Waals surface area contributed by atoms with Crippen molar-refractivity contribution in [1.29, 1.82) is 0 Å². The summed E-state index contributed by atoms with van der Waals surface area (Å²) >= 11 is 1.61. The number of fused-ring (bicyclic) bond motifs is 1. The largest absolute Gasteiger partial charge is 0.353 e. The summed E-state index contributed by atoms with van der Waals surface area (Å²) in [6.45, 7) is 7.86. The first kappa shape index (κ1) is 16.6. The van der Waals surface area contributed by atoms with E-state index in [1.165, 1.54) is 4.31 Å². The zero-order chi connectivity index (χ0) is 16.6. The van der Waals surface area contributed by atoms with Crippen LogP contribution in [0.4, 0.5) is 5.82 Å². The second-order valence-corrected chi connectivity index (χ2v) is 8.52. The predicted octanol–water partition coefficient (Wildman–Crippen LogP) is 1.36. The Kier molecular flexibility index (Phi) is 4.54. The molecular weight excluding hydrogens is 334 g/mol. The van der Waals surface area contributed by atoms with Crippen molar-refractivity contribution >= 4 is 37.6 Å². The Morgan fingerprint density at radius 1 is 1.22 bits per heavy atom. The van der Waals surface area contributed by atoms with Crippen LogP contribution in [0.15, 0.2) is 11.7 Å². The Hall–Kier alpha value is -1.29. The van der Waals surface area contributed by atoms with Crippen molar-refractivity contribution in [3.8, 4) is 0 Å². The SMILES string of the molecule is Cc1csc2ncnc(N3CCN(S(=O)(=O)NC(C)C)CC3)c12. The van der Waals surface area contributed by atoms with Crippen molar-refractivity contribution in [3.05, 3.63) is 17.3 Å². The molecule has 0 amide bonds. The van der Waals surface area contributed by atoms with E-state index < -0.39 is 10.2 Å². The molecule has 2 aromatic rings. The van der Waals surface area contributed by atoms with Gasteiger partial charge in [0.2, 0.25) is 0 Å². The van der Waals surface area contributed by atoms with Crippen LogP contribution in [0.3, 0.4) is 0 Å². The fraction of sp³-hybridized carbons (Fsp3) is 0.571. The molecular formula is C14H21N5O2S2. The van der Waals surface area contributed by atoms with Gasteiger partial charge in [-0.25, -0.2) is 9.97 Å². The highest BCUT2D eigenvalue weighted by molar-refractivity contribution is 7.87. The molecule has 1 N–H and O–H groups in total. The van der Waals surface area contributed by atoms with Gasteiger partial charge in [0, 0.05) is 32.2 Å². The summed E-state index contributed by atoms with van der Waals surface area (Å²) < 4.78 is 28.6. The number of aromatic nitrogens is 2. The summed E-state index contributed by atoms with van der Waals surface area (Å²) in [5.74, 6) is 0.905. The first-order chi connectivity index (χ1) is 10.9. The first-order valence-corrected chi connectivity index (χ1v) is 9.91. The molecule has 1 aliphatic heterocycles. The van der Waals surface area contributed by atoms with E-state index in [4.69, 9.17) is 0 Å². The molecule has 0 radical (unpaired) electrons. The number of anilines is 1. The van der Waals surface area contributed by atoms with Crippen LogP contribution in [-0.4, -0.2) is 54.9 Å². The van der Waals surface area contributed by atoms with Crippen molar-refractivity contribution in [1.82, 2.24) is 19.0 Å². The lowest BCUT2D eigenvalue weighted by Crippen LogP contribution is -2.53. The topological polar surface area (TPSA) is 78.4 Å². The first-order valence-electron chi connectivity index (χ1n) is 7.59. The average Bonchev–Trinajstić information content (AvgIpc) is 2.88. The van der Waals surface area contributed by atoms with E-state index >= 15 is 0 Å². The van der Waals surface area contributed by atoms with Gasteiger partial charge in [-0.1, -0.05) is 0 Å². The van der Waals surface area contributed by atoms with Gasteiger partial charge in [-0.3, -0.25) is 0 Å². The fourth-order valence-electron chi connectivity index (χ4n) is 2.75. The molecule has 3 heterocycles. The number of aryl methyl sites for hydroxylation is 1. The van der Waals surface area contributed by atoms with Crippen LogP contribution < -0.4 is 9.62 Å². The van der Waals surface area contributed by atoms with Gasteiger partial charge in [0.15, 0.2) is 0 Å². The molecule has 23 heavy (non-hydrogen) atoms. The Morgan fingerprint density at radius 3 is 2.57 bits per heavy atom. The van der Waals surface area contributed by atoms with Gasteiger partial charge in [-0.05, 0) is 31.7 Å². The highest BCUT2D eigenvalue weighted by atomic mass is 32.2. The Bertz CT molecular complexity index is 795. The van der Waals surface area contributed by atoms with E-state index in [2.05, 4.69) is 31.9 Å². The molecule has 3 rings (SSSR count). The number of thiophene rings is 1. The summed E-state index contributed by atoms with van der Waals surface area (Å²) in [7, 11) is -3.40. The fourth-order valence-corrected chi connectivity index (χ4v) is 5.02. The monoisotopic (exact) mass is 355 g/mol. The maximum atomic E-state index is 12.2. The van der Waals surface area contributed by atoms with E-state index in [1.807, 2.05) is 13.8 Å². The molecule has 0 aliphatic carbocycles. The Labute approximate surface area is 140 Å². The van der Waals surface area contributed by atoms with Crippen LogP contribution in [0.2, 0.25) is 0 Å². The molecule has 7 nitrogen and oxygen atoms in total. The molecule has 0 spiro atoms. The molecule has 2 aromatic heterocycles. The summed E-state index contributed by atoms with van der Waals surface area (Å²) in [4.78, 5) is 11.9. The second kappa shape index (κ2) is 6.31. The van der Waals surface area contributed by atoms with E-state index in [-0.39, 0.29) is 6.04 Å². The summed E-state index contributed by atoms with van der Waals surface area (Å²) in [5.41, 5.74) is 1.16. The minimum Gasteiger partial charge on any atom is -0.353 e. The van der Waals surface area contributed by atoms with Gasteiger partial charge in [-0.15, -0.1) is 11.3 Å². The van der Waals surface area contributed by atoms with E-state index in [1.54, 1.807) is 17.7 Å². The maximum Gasteiger partial charge on any atom is 0.279 e. The number of nitrogens with zero attached hydrogens (tertiary/aromatic N) is 4. The summed E-state index contributed by atoms with van der Waals surface area (Å²) in [6, 6.07) is -0.104. The number of hydrogen-bond acceptors (Lipinski definition) is 6. The second-order valence-electron chi connectivity index (χ2n) is 5.96. The molecule has 0 bridgehead atoms. The number of rotatable bonds is 4. The highest BCUT2D eigenvalue weighted by Gasteiger charge is 2.28. The van der Waals surface area contributed by atoms with Crippen molar-refractivity contribution < 1.29 is 8.42 Å². The van der Waals surface area contributed by atoms with E-state index in [0.717, 1.165) is 21.6 Å². The standard InChI is InChI=1S/C14H21N5O2S2/c1-10(2)17-23(20,21)19-6-4-18(5-7-19)13-12-11(3)8-22-14(12)16-9-15-13/h8-10,17H,4-7H2,1-3H3. The van der Waals surface area contributed by atoms with E-state index in [9.17, 15) is 8.42 Å². The van der Waals surface area contributed by atoms with Gasteiger partial charge in [-0.2, -0.15) is 17.4 Å². The quantitative estimate of drug-likeness (QED) is 0.896. The third-order valence-electron chi connectivity index (χ3n) is 3.80. The van der Waals surface area contributed by atoms with E-state index in [0.29, 0.717) is 26.2 Å². The van der Waals surface area contributed by atoms with Gasteiger partial charge < -0.3 is 4.90 Å². The van der Waals surface area contributed by atoms with Gasteiger partial charge in [0.05, 0.1) is 5.39 Å². The third kappa shape index (κ3) is 3.32. The molecule has 9 heteroatoms. The van der Waals surface area contributed by atoms with Gasteiger partial charge in [0.1, 0.15) is 17.0 Å². The molecule has 0 aromatic carbocycles. The molecule has 1 aliphatic rings. The molecule has 1 fully saturated rings. The lowest BCUT2D eigenvalue weighted by molar-refractivity contribution is 0.375. The Morgan fingerprint density at radius 2 is 1.91 bits per heavy atom. The summed E-state index contributed by atoms with van der Waals surface area (Å²) in [6.07, 6.45) is 1.58. The van der Waals surface area contributed by atoms with Crippen molar-refractivity contribution in [2.75, 3.05) is 31.1 Å². The van der Waals surface area contributed by atoms with Crippen LogP contribution in [0.1, 0.15) is 19.4 Å². The molecule has 1 saturated heterocycles. The van der Waals surface area contributed by atoms with Crippen LogP contribution in [0.5, 0.6) is 0 Å². The van der Waals surface area contributed by atoms with Crippen LogP contribution in [0, 0.1) is 6.92 Å². The van der Waals surface area contributed by atoms with Crippen LogP contribution in [0.25, 0.3) is 10.2 Å². The van der Waals surface area contributed by atoms with Gasteiger partial charge >= 0.3 is 0 Å². The normalized spacial score (nSPS) is 17.3. The van der Waals surface area contributed by atoms with Gasteiger partial charge in [0.25, 0.3) is 10.2 Å². The summed E-state index contributed by atoms with van der Waals surface area (Å²) in [5, 5.41) is 3.16. The maximum absolute atomic E-state index is 12.2. The third-order valence-corrected chi connectivity index (χ3v) is 6.62. The number of hydrogen-bond donors (Lipinski definition) is 1. The smallest absolute Gasteiger partial charge is 0.279 e. The van der Waals surface area contributed by atoms with Crippen LogP contribution >= 0.6 is 11.3 Å². The minimum atomic E-state index is -3.40. The predicted molar refractivity (Wildman–Crippen MR) is 93.1 cm³/mol. The van der Waals surface area contributed by atoms with Crippen molar-refractivity contribution in [2.45, 2.75) is 26.8 Å². The highest BCUT2D eigenvalue weighted by Crippen LogP contribution is 2.31. The zero-order valence-corrected chi connectivity index (χ0v) is 15.1. The average molecular weight is 355 g/mol. The zero-order valence-electron chi connectivity index (χ0n) is 13.5. The molecule has 0 unspecified atom stereocenters. The minimum absolute atomic E-state index is 0.104. The lowest BCUT2D eigenvalue weighted by atomic mass is 10.2. The number of nitrogens with one attached hydrogen (secondary N) is 1. The number of piperazine rings is 1. The van der Waals surface area contributed by atoms with Crippen LogP contribution in [-0.2, 0) is 10.2 Å².